The molecule has 0 unspecified atom stereocenters. The Bertz CT molecular complexity index is 893. The maximum Gasteiger partial charge on any atom is 0.331 e. The average Bonchev–Trinajstić information content (AvgIpc) is 2.65. The van der Waals surface area contributed by atoms with Crippen LogP contribution in [0.5, 0.6) is 0 Å². The SMILES string of the molecule is CC(=O)c1ccccc1NC(=O)COC(=O)/C=C/c1ccc(C#N)cc1. The lowest BCUT2D eigenvalue weighted by Crippen LogP contribution is -2.21. The van der Waals surface area contributed by atoms with E-state index in [1.807, 2.05) is 6.07 Å². The predicted octanol–water partition coefficient (Wildman–Crippen LogP) is 2.96. The van der Waals surface area contributed by atoms with Crippen LogP contribution in [0, 0.1) is 11.3 Å². The molecule has 0 aromatic heterocycles. The first kappa shape index (κ1) is 18.6. The van der Waals surface area contributed by atoms with Crippen LogP contribution < -0.4 is 5.32 Å². The summed E-state index contributed by atoms with van der Waals surface area (Å²) in [4.78, 5) is 35.1. The van der Waals surface area contributed by atoms with E-state index in [0.29, 0.717) is 16.8 Å². The van der Waals surface area contributed by atoms with Crippen LogP contribution in [0.3, 0.4) is 0 Å². The molecule has 0 heterocycles. The quantitative estimate of drug-likeness (QED) is 0.492. The van der Waals surface area contributed by atoms with E-state index in [0.717, 1.165) is 5.56 Å². The number of anilines is 1. The second-order valence-electron chi connectivity index (χ2n) is 5.32. The molecule has 6 nitrogen and oxygen atoms in total. The van der Waals surface area contributed by atoms with Crippen molar-refractivity contribution >= 4 is 29.4 Å². The number of nitrogens with one attached hydrogen (secondary N) is 1. The molecule has 0 radical (unpaired) electrons. The zero-order valence-corrected chi connectivity index (χ0v) is 14.1. The molecule has 0 aliphatic carbocycles. The van der Waals surface area contributed by atoms with Crippen molar-refractivity contribution in [3.05, 3.63) is 71.3 Å². The number of rotatable bonds is 6. The number of amides is 1. The van der Waals surface area contributed by atoms with Crippen LogP contribution in [0.1, 0.15) is 28.4 Å². The highest BCUT2D eigenvalue weighted by Gasteiger charge is 2.10. The minimum absolute atomic E-state index is 0.178. The number of ketones is 1. The van der Waals surface area contributed by atoms with E-state index >= 15 is 0 Å². The van der Waals surface area contributed by atoms with Crippen molar-refractivity contribution in [2.45, 2.75) is 6.92 Å². The van der Waals surface area contributed by atoms with Gasteiger partial charge in [-0.3, -0.25) is 9.59 Å². The molecule has 130 valence electrons. The Morgan fingerprint density at radius 2 is 1.81 bits per heavy atom. The highest BCUT2D eigenvalue weighted by Crippen LogP contribution is 2.15. The third-order valence-corrected chi connectivity index (χ3v) is 3.38. The van der Waals surface area contributed by atoms with Gasteiger partial charge in [-0.1, -0.05) is 24.3 Å². The van der Waals surface area contributed by atoms with E-state index in [-0.39, 0.29) is 5.78 Å². The molecule has 6 heteroatoms. The van der Waals surface area contributed by atoms with Crippen molar-refractivity contribution < 1.29 is 19.1 Å². The molecular formula is C20H16N2O4. The van der Waals surface area contributed by atoms with Crippen LogP contribution in [0.2, 0.25) is 0 Å². The maximum atomic E-state index is 11.9. The molecule has 26 heavy (non-hydrogen) atoms. The topological polar surface area (TPSA) is 96.3 Å². The Hall–Kier alpha value is -3.72. The molecule has 1 N–H and O–H groups in total. The number of Topliss-reactive ketones (excluding diaryl/α,β-unsaturated/α-hetero) is 1. The van der Waals surface area contributed by atoms with Crippen LogP contribution in [-0.4, -0.2) is 24.3 Å². The molecule has 0 spiro atoms. The Kier molecular flexibility index (Phi) is 6.40. The number of nitrogens with zero attached hydrogens (tertiary/aromatic N) is 1. The highest BCUT2D eigenvalue weighted by atomic mass is 16.5. The average molecular weight is 348 g/mol. The van der Waals surface area contributed by atoms with Crippen molar-refractivity contribution in [1.82, 2.24) is 0 Å². The van der Waals surface area contributed by atoms with Gasteiger partial charge in [0.05, 0.1) is 17.3 Å². The number of nitriles is 1. The summed E-state index contributed by atoms with van der Waals surface area (Å²) in [6.07, 6.45) is 2.71. The number of hydrogen-bond donors (Lipinski definition) is 1. The number of esters is 1. The third-order valence-electron chi connectivity index (χ3n) is 3.38. The highest BCUT2D eigenvalue weighted by molar-refractivity contribution is 6.04. The molecule has 0 aliphatic rings. The van der Waals surface area contributed by atoms with Gasteiger partial charge < -0.3 is 10.1 Å². The van der Waals surface area contributed by atoms with Gasteiger partial charge >= 0.3 is 5.97 Å². The molecule has 0 atom stereocenters. The molecular weight excluding hydrogens is 332 g/mol. The Morgan fingerprint density at radius 3 is 2.46 bits per heavy atom. The van der Waals surface area contributed by atoms with Gasteiger partial charge in [-0.05, 0) is 42.8 Å². The van der Waals surface area contributed by atoms with Crippen molar-refractivity contribution in [2.24, 2.45) is 0 Å². The zero-order valence-electron chi connectivity index (χ0n) is 14.1. The van der Waals surface area contributed by atoms with Gasteiger partial charge in [0.2, 0.25) is 0 Å². The number of hydrogen-bond acceptors (Lipinski definition) is 5. The molecule has 0 fully saturated rings. The van der Waals surface area contributed by atoms with Gasteiger partial charge in [0.15, 0.2) is 12.4 Å². The lowest BCUT2D eigenvalue weighted by molar-refractivity contribution is -0.142. The Balaban J connectivity index is 1.87. The van der Waals surface area contributed by atoms with Crippen LogP contribution in [0.15, 0.2) is 54.6 Å². The molecule has 0 saturated carbocycles. The number of ether oxygens (including phenoxy) is 1. The molecule has 2 aromatic rings. The normalized spacial score (nSPS) is 10.2. The lowest BCUT2D eigenvalue weighted by atomic mass is 10.1. The van der Waals surface area contributed by atoms with Crippen LogP contribution >= 0.6 is 0 Å². The second-order valence-corrected chi connectivity index (χ2v) is 5.32. The van der Waals surface area contributed by atoms with Crippen molar-refractivity contribution in [2.75, 3.05) is 11.9 Å². The first-order valence-electron chi connectivity index (χ1n) is 7.74. The zero-order chi connectivity index (χ0) is 18.9. The first-order chi connectivity index (χ1) is 12.5. The summed E-state index contributed by atoms with van der Waals surface area (Å²) in [6, 6.07) is 15.2. The third kappa shape index (κ3) is 5.42. The minimum atomic E-state index is -0.677. The molecule has 0 aliphatic heterocycles. The van der Waals surface area contributed by atoms with Crippen LogP contribution in [0.4, 0.5) is 5.69 Å². The summed E-state index contributed by atoms with van der Waals surface area (Å²) in [5.41, 5.74) is 2.00. The number of benzene rings is 2. The fraction of sp³-hybridized carbons (Fsp3) is 0.100. The summed E-state index contributed by atoms with van der Waals surface area (Å²) < 4.78 is 4.87. The summed E-state index contributed by atoms with van der Waals surface area (Å²) in [5.74, 6) is -1.40. The summed E-state index contributed by atoms with van der Waals surface area (Å²) in [7, 11) is 0. The summed E-state index contributed by atoms with van der Waals surface area (Å²) in [6.45, 7) is 0.932. The second kappa shape index (κ2) is 8.94. The summed E-state index contributed by atoms with van der Waals surface area (Å²) >= 11 is 0. The molecule has 1 amide bonds. The van der Waals surface area contributed by atoms with E-state index in [2.05, 4.69) is 5.32 Å². The van der Waals surface area contributed by atoms with E-state index in [9.17, 15) is 14.4 Å². The van der Waals surface area contributed by atoms with E-state index in [1.165, 1.54) is 19.1 Å². The minimum Gasteiger partial charge on any atom is -0.452 e. The van der Waals surface area contributed by atoms with Gasteiger partial charge in [-0.25, -0.2) is 4.79 Å². The predicted molar refractivity (Wildman–Crippen MR) is 96.2 cm³/mol. The fourth-order valence-corrected chi connectivity index (χ4v) is 2.10. The van der Waals surface area contributed by atoms with Crippen molar-refractivity contribution in [3.8, 4) is 6.07 Å². The van der Waals surface area contributed by atoms with Gasteiger partial charge in [-0.15, -0.1) is 0 Å². The molecule has 0 saturated heterocycles. The first-order valence-corrected chi connectivity index (χ1v) is 7.74. The largest absolute Gasteiger partial charge is 0.452 e. The summed E-state index contributed by atoms with van der Waals surface area (Å²) in [5, 5.41) is 11.3. The van der Waals surface area contributed by atoms with Gasteiger partial charge in [0, 0.05) is 11.6 Å². The van der Waals surface area contributed by atoms with E-state index in [4.69, 9.17) is 10.00 Å². The lowest BCUT2D eigenvalue weighted by Gasteiger charge is -2.08. The van der Waals surface area contributed by atoms with Crippen molar-refractivity contribution in [1.29, 1.82) is 5.26 Å². The molecule has 0 bridgehead atoms. The standard InChI is InChI=1S/C20H16N2O4/c1-14(23)17-4-2-3-5-18(17)22-19(24)13-26-20(25)11-10-15-6-8-16(12-21)9-7-15/h2-11H,13H2,1H3,(H,22,24)/b11-10+. The Labute approximate surface area is 150 Å². The van der Waals surface area contributed by atoms with Crippen LogP contribution in [0.25, 0.3) is 6.08 Å². The van der Waals surface area contributed by atoms with E-state index in [1.54, 1.807) is 48.5 Å². The monoisotopic (exact) mass is 348 g/mol. The number of carbonyl (C=O) groups excluding carboxylic acids is 3. The van der Waals surface area contributed by atoms with Gasteiger partial charge in [0.1, 0.15) is 0 Å². The Morgan fingerprint density at radius 1 is 1.12 bits per heavy atom. The molecule has 2 aromatic carbocycles. The molecule has 2 rings (SSSR count). The van der Waals surface area contributed by atoms with Crippen LogP contribution in [-0.2, 0) is 14.3 Å². The fourth-order valence-electron chi connectivity index (χ4n) is 2.10. The maximum absolute atomic E-state index is 11.9. The smallest absolute Gasteiger partial charge is 0.331 e. The number of carbonyl (C=O) groups is 3. The van der Waals surface area contributed by atoms with E-state index < -0.39 is 18.5 Å². The van der Waals surface area contributed by atoms with Gasteiger partial charge in [-0.2, -0.15) is 5.26 Å². The van der Waals surface area contributed by atoms with Crippen molar-refractivity contribution in [3.63, 3.8) is 0 Å². The van der Waals surface area contributed by atoms with Gasteiger partial charge in [0.25, 0.3) is 5.91 Å². The number of para-hydroxylation sites is 1.